The van der Waals surface area contributed by atoms with Crippen molar-refractivity contribution >= 4 is 34.5 Å². The molecule has 2 rings (SSSR count). The molecule has 1 aromatic carbocycles. The molecular formula is C14H19ClN2OS. The molecule has 19 heavy (non-hydrogen) atoms. The molecule has 104 valence electrons. The molecule has 0 radical (unpaired) electrons. The number of benzene rings is 1. The Morgan fingerprint density at radius 3 is 2.95 bits per heavy atom. The van der Waals surface area contributed by atoms with Gasteiger partial charge in [-0.2, -0.15) is 0 Å². The summed E-state index contributed by atoms with van der Waals surface area (Å²) in [6, 6.07) is 5.66. The van der Waals surface area contributed by atoms with Crippen molar-refractivity contribution in [3.8, 4) is 0 Å². The van der Waals surface area contributed by atoms with Gasteiger partial charge in [-0.3, -0.25) is 0 Å². The highest BCUT2D eigenvalue weighted by Gasteiger charge is 2.13. The van der Waals surface area contributed by atoms with Crippen LogP contribution in [0.5, 0.6) is 0 Å². The van der Waals surface area contributed by atoms with E-state index in [0.29, 0.717) is 16.1 Å². The Hall–Kier alpha value is -0.840. The lowest BCUT2D eigenvalue weighted by Crippen LogP contribution is -2.22. The summed E-state index contributed by atoms with van der Waals surface area (Å²) in [5.74, 6) is 0. The smallest absolute Gasteiger partial charge is 0.105 e. The van der Waals surface area contributed by atoms with E-state index in [4.69, 9.17) is 34.3 Å². The molecule has 1 aliphatic heterocycles. The Labute approximate surface area is 124 Å². The molecule has 0 spiro atoms. The van der Waals surface area contributed by atoms with E-state index >= 15 is 0 Å². The van der Waals surface area contributed by atoms with E-state index < -0.39 is 0 Å². The van der Waals surface area contributed by atoms with Crippen LogP contribution >= 0.6 is 23.8 Å². The summed E-state index contributed by atoms with van der Waals surface area (Å²) in [5.41, 5.74) is 7.28. The standard InChI is InChI=1S/C14H19ClN2OS/c15-13-9-10(4-5-12(13)14(16)19)17-7-6-11-3-1-2-8-18-11/h4-5,9,11,17H,1-3,6-8H2,(H2,16,19). The summed E-state index contributed by atoms with van der Waals surface area (Å²) in [7, 11) is 0. The van der Waals surface area contributed by atoms with Gasteiger partial charge in [-0.05, 0) is 43.9 Å². The third-order valence-corrected chi connectivity index (χ3v) is 3.84. The fraction of sp³-hybridized carbons (Fsp3) is 0.500. The Kier molecular flexibility index (Phi) is 5.43. The van der Waals surface area contributed by atoms with E-state index in [1.165, 1.54) is 19.3 Å². The average Bonchev–Trinajstić information content (AvgIpc) is 2.39. The van der Waals surface area contributed by atoms with Gasteiger partial charge in [-0.25, -0.2) is 0 Å². The minimum Gasteiger partial charge on any atom is -0.389 e. The molecule has 1 unspecified atom stereocenters. The molecule has 0 aromatic heterocycles. The quantitative estimate of drug-likeness (QED) is 0.819. The molecule has 1 atom stereocenters. The van der Waals surface area contributed by atoms with Crippen LogP contribution in [0.25, 0.3) is 0 Å². The largest absolute Gasteiger partial charge is 0.389 e. The third kappa shape index (κ3) is 4.34. The van der Waals surface area contributed by atoms with E-state index in [0.717, 1.165) is 30.8 Å². The van der Waals surface area contributed by atoms with Gasteiger partial charge < -0.3 is 15.8 Å². The number of rotatable bonds is 5. The van der Waals surface area contributed by atoms with Crippen LogP contribution in [0.2, 0.25) is 5.02 Å². The van der Waals surface area contributed by atoms with Crippen molar-refractivity contribution < 1.29 is 4.74 Å². The van der Waals surface area contributed by atoms with Crippen molar-refractivity contribution in [3.05, 3.63) is 28.8 Å². The molecule has 0 aliphatic carbocycles. The number of ether oxygens (including phenoxy) is 1. The first-order chi connectivity index (χ1) is 9.16. The van der Waals surface area contributed by atoms with E-state index in [9.17, 15) is 0 Å². The number of hydrogen-bond acceptors (Lipinski definition) is 3. The molecule has 0 saturated carbocycles. The normalized spacial score (nSPS) is 19.1. The lowest BCUT2D eigenvalue weighted by molar-refractivity contribution is 0.0134. The molecule has 3 N–H and O–H groups in total. The van der Waals surface area contributed by atoms with Crippen molar-refractivity contribution in [2.75, 3.05) is 18.5 Å². The molecule has 1 aliphatic rings. The maximum absolute atomic E-state index is 6.12. The number of anilines is 1. The van der Waals surface area contributed by atoms with Crippen LogP contribution in [0, 0.1) is 0 Å². The maximum atomic E-state index is 6.12. The first-order valence-corrected chi connectivity index (χ1v) is 7.40. The van der Waals surface area contributed by atoms with E-state index in [1.807, 2.05) is 18.2 Å². The van der Waals surface area contributed by atoms with Gasteiger partial charge in [-0.1, -0.05) is 23.8 Å². The van der Waals surface area contributed by atoms with Crippen LogP contribution < -0.4 is 11.1 Å². The van der Waals surface area contributed by atoms with Gasteiger partial charge in [0.2, 0.25) is 0 Å². The zero-order valence-electron chi connectivity index (χ0n) is 10.8. The second-order valence-corrected chi connectivity index (χ2v) is 5.61. The van der Waals surface area contributed by atoms with Gasteiger partial charge in [0.25, 0.3) is 0 Å². The second-order valence-electron chi connectivity index (χ2n) is 4.76. The topological polar surface area (TPSA) is 47.3 Å². The van der Waals surface area contributed by atoms with E-state index in [1.54, 1.807) is 0 Å². The molecule has 1 saturated heterocycles. The van der Waals surface area contributed by atoms with Crippen molar-refractivity contribution in [2.24, 2.45) is 5.73 Å². The first kappa shape index (κ1) is 14.6. The van der Waals surface area contributed by atoms with Gasteiger partial charge >= 0.3 is 0 Å². The van der Waals surface area contributed by atoms with Gasteiger partial charge in [-0.15, -0.1) is 0 Å². The van der Waals surface area contributed by atoms with Crippen LogP contribution in [-0.2, 0) is 4.74 Å². The molecular weight excluding hydrogens is 280 g/mol. The highest BCUT2D eigenvalue weighted by Crippen LogP contribution is 2.21. The minimum atomic E-state index is 0.326. The summed E-state index contributed by atoms with van der Waals surface area (Å²) in [6.45, 7) is 1.78. The van der Waals surface area contributed by atoms with Gasteiger partial charge in [0.05, 0.1) is 11.1 Å². The first-order valence-electron chi connectivity index (χ1n) is 6.61. The maximum Gasteiger partial charge on any atom is 0.105 e. The number of thiocarbonyl (C=S) groups is 1. The lowest BCUT2D eigenvalue weighted by Gasteiger charge is -2.22. The van der Waals surface area contributed by atoms with Crippen LogP contribution in [-0.4, -0.2) is 24.2 Å². The summed E-state index contributed by atoms with van der Waals surface area (Å²) in [6.07, 6.45) is 5.06. The van der Waals surface area contributed by atoms with Crippen molar-refractivity contribution in [1.29, 1.82) is 0 Å². The number of nitrogens with one attached hydrogen (secondary N) is 1. The van der Waals surface area contributed by atoms with Gasteiger partial charge in [0.15, 0.2) is 0 Å². The molecule has 1 aromatic rings. The summed E-state index contributed by atoms with van der Waals surface area (Å²) in [5, 5.41) is 3.94. The zero-order chi connectivity index (χ0) is 13.7. The predicted molar refractivity (Wildman–Crippen MR) is 84.0 cm³/mol. The monoisotopic (exact) mass is 298 g/mol. The molecule has 5 heteroatoms. The van der Waals surface area contributed by atoms with Crippen molar-refractivity contribution in [2.45, 2.75) is 31.8 Å². The second kappa shape index (κ2) is 7.08. The molecule has 0 amide bonds. The van der Waals surface area contributed by atoms with Crippen LogP contribution in [0.1, 0.15) is 31.2 Å². The van der Waals surface area contributed by atoms with Crippen LogP contribution in [0.4, 0.5) is 5.69 Å². The zero-order valence-corrected chi connectivity index (χ0v) is 12.4. The van der Waals surface area contributed by atoms with Crippen LogP contribution in [0.3, 0.4) is 0 Å². The van der Waals surface area contributed by atoms with Crippen LogP contribution in [0.15, 0.2) is 18.2 Å². The molecule has 1 heterocycles. The highest BCUT2D eigenvalue weighted by molar-refractivity contribution is 7.80. The SMILES string of the molecule is NC(=S)c1ccc(NCCC2CCCCO2)cc1Cl. The Balaban J connectivity index is 1.82. The molecule has 3 nitrogen and oxygen atoms in total. The summed E-state index contributed by atoms with van der Waals surface area (Å²) < 4.78 is 5.69. The van der Waals surface area contributed by atoms with E-state index in [-0.39, 0.29) is 0 Å². The average molecular weight is 299 g/mol. The van der Waals surface area contributed by atoms with Gasteiger partial charge in [0, 0.05) is 24.4 Å². The molecule has 0 bridgehead atoms. The lowest BCUT2D eigenvalue weighted by atomic mass is 10.1. The fourth-order valence-electron chi connectivity index (χ4n) is 2.24. The Bertz CT molecular complexity index is 447. The fourth-order valence-corrected chi connectivity index (χ4v) is 2.75. The summed E-state index contributed by atoms with van der Waals surface area (Å²) >= 11 is 11.0. The molecule has 1 fully saturated rings. The van der Waals surface area contributed by atoms with Crippen molar-refractivity contribution in [3.63, 3.8) is 0 Å². The number of halogens is 1. The number of nitrogens with two attached hydrogens (primary N) is 1. The Morgan fingerprint density at radius 2 is 2.32 bits per heavy atom. The van der Waals surface area contributed by atoms with Crippen molar-refractivity contribution in [1.82, 2.24) is 0 Å². The Morgan fingerprint density at radius 1 is 1.47 bits per heavy atom. The van der Waals surface area contributed by atoms with E-state index in [2.05, 4.69) is 5.32 Å². The third-order valence-electron chi connectivity index (χ3n) is 3.30. The predicted octanol–water partition coefficient (Wildman–Crippen LogP) is 3.35. The summed E-state index contributed by atoms with van der Waals surface area (Å²) in [4.78, 5) is 0.326. The number of hydrogen-bond donors (Lipinski definition) is 2. The minimum absolute atomic E-state index is 0.326. The van der Waals surface area contributed by atoms with Gasteiger partial charge in [0.1, 0.15) is 4.99 Å². The highest BCUT2D eigenvalue weighted by atomic mass is 35.5.